The van der Waals surface area contributed by atoms with Crippen molar-refractivity contribution in [1.29, 1.82) is 0 Å². The predicted octanol–water partition coefficient (Wildman–Crippen LogP) is 7.34. The minimum Gasteiger partial charge on any atom is -0.490 e. The number of para-hydroxylation sites is 1. The molecule has 0 amide bonds. The van der Waals surface area contributed by atoms with Crippen LogP contribution in [0.4, 0.5) is 22.0 Å². The molecule has 234 valence electrons. The van der Waals surface area contributed by atoms with Gasteiger partial charge in [0.25, 0.3) is 6.10 Å². The van der Waals surface area contributed by atoms with E-state index in [1.54, 1.807) is 48.5 Å². The van der Waals surface area contributed by atoms with Crippen LogP contribution in [0.15, 0.2) is 72.8 Å². The molecule has 4 aliphatic carbocycles. The highest BCUT2D eigenvalue weighted by Crippen LogP contribution is 2.63. The van der Waals surface area contributed by atoms with Gasteiger partial charge in [-0.15, -0.1) is 0 Å². The van der Waals surface area contributed by atoms with Crippen LogP contribution in [0.25, 0.3) is 0 Å². The molecule has 0 aromatic heterocycles. The van der Waals surface area contributed by atoms with E-state index in [0.717, 1.165) is 43.2 Å². The average Bonchev–Trinajstić information content (AvgIpc) is 2.99. The van der Waals surface area contributed by atoms with E-state index < -0.39 is 57.3 Å². The second kappa shape index (κ2) is 11.1. The van der Waals surface area contributed by atoms with Crippen molar-refractivity contribution in [3.8, 4) is 5.75 Å². The molecule has 0 radical (unpaired) electrons. The Bertz CT molecular complexity index is 1620. The second-order valence-corrected chi connectivity index (χ2v) is 13.1. The molecule has 3 aromatic rings. The van der Waals surface area contributed by atoms with Gasteiger partial charge >= 0.3 is 27.5 Å². The molecule has 1 saturated carbocycles. The quantitative estimate of drug-likeness (QED) is 0.166. The van der Waals surface area contributed by atoms with Gasteiger partial charge in [-0.3, -0.25) is 9.35 Å². The maximum absolute atomic E-state index is 14.6. The topological polar surface area (TPSA) is 89.9 Å². The summed E-state index contributed by atoms with van der Waals surface area (Å²) < 4.78 is 114. The van der Waals surface area contributed by atoms with Crippen LogP contribution in [0.1, 0.15) is 77.7 Å². The van der Waals surface area contributed by atoms with Crippen molar-refractivity contribution in [2.75, 3.05) is 0 Å². The number of benzene rings is 3. The van der Waals surface area contributed by atoms with Crippen LogP contribution in [0, 0.1) is 5.92 Å². The molecule has 44 heavy (non-hydrogen) atoms. The zero-order valence-electron chi connectivity index (χ0n) is 23.2. The molecule has 4 aliphatic rings. The first-order valence-corrected chi connectivity index (χ1v) is 15.8. The molecular weight excluding hydrogens is 607 g/mol. The highest BCUT2D eigenvalue weighted by atomic mass is 32.2. The first kappa shape index (κ1) is 30.5. The first-order valence-electron chi connectivity index (χ1n) is 14.4. The monoisotopic (exact) mass is 636 g/mol. The number of hydrogen-bond donors (Lipinski definition) is 1. The summed E-state index contributed by atoms with van der Waals surface area (Å²) in [6.45, 7) is 0. The second-order valence-electron chi connectivity index (χ2n) is 11.6. The fourth-order valence-corrected chi connectivity index (χ4v) is 7.67. The minimum atomic E-state index is -6.61. The van der Waals surface area contributed by atoms with E-state index in [2.05, 4.69) is 4.74 Å². The number of carbonyl (C=O) groups excluding carboxylic acids is 1. The molecule has 0 heterocycles. The van der Waals surface area contributed by atoms with Gasteiger partial charge in [0.2, 0.25) is 0 Å². The number of halogens is 5. The molecule has 2 bridgehead atoms. The van der Waals surface area contributed by atoms with Gasteiger partial charge in [-0.2, -0.15) is 30.4 Å². The van der Waals surface area contributed by atoms with Crippen LogP contribution in [0.2, 0.25) is 0 Å². The van der Waals surface area contributed by atoms with Gasteiger partial charge in [-0.1, -0.05) is 73.2 Å². The number of ether oxygens (including phenoxy) is 2. The number of carbonyl (C=O) groups is 1. The number of fused-ring (bicyclic) bond motifs is 1. The van der Waals surface area contributed by atoms with E-state index in [4.69, 9.17) is 9.29 Å². The van der Waals surface area contributed by atoms with Crippen molar-refractivity contribution < 1.29 is 49.2 Å². The summed E-state index contributed by atoms with van der Waals surface area (Å²) in [6.07, 6.45) is -5.94. The highest BCUT2D eigenvalue weighted by molar-refractivity contribution is 7.86. The zero-order chi connectivity index (χ0) is 31.4. The molecule has 3 atom stereocenters. The fourth-order valence-electron chi connectivity index (χ4n) is 7.22. The van der Waals surface area contributed by atoms with Gasteiger partial charge in [-0.05, 0) is 59.6 Å². The standard InChI is InChI=1S/C32H29F5O6S/c33-31(34,35)30(32(36,37)44(39,40)41)43-29(38)28-26-21-14-6-4-12-19(21)25(20-13-5-7-15-22(20)26)27(28)23-16-8-9-17-24(23)42-18-10-2-1-3-11-18/h4-9,12-18,25-28,30H,1-3,10-11H2,(H,39,40,41). The number of hydrogen-bond acceptors (Lipinski definition) is 5. The number of rotatable bonds is 7. The van der Waals surface area contributed by atoms with E-state index >= 15 is 0 Å². The van der Waals surface area contributed by atoms with Crippen molar-refractivity contribution in [2.45, 2.75) is 73.5 Å². The van der Waals surface area contributed by atoms with Crippen molar-refractivity contribution in [3.63, 3.8) is 0 Å². The number of esters is 1. The fraction of sp³-hybridized carbons (Fsp3) is 0.406. The highest BCUT2D eigenvalue weighted by Gasteiger charge is 2.67. The Labute approximate surface area is 250 Å². The van der Waals surface area contributed by atoms with Crippen LogP contribution in [0.3, 0.4) is 0 Å². The third kappa shape index (κ3) is 5.15. The Morgan fingerprint density at radius 2 is 1.23 bits per heavy atom. The van der Waals surface area contributed by atoms with Crippen LogP contribution in [-0.4, -0.2) is 42.6 Å². The summed E-state index contributed by atoms with van der Waals surface area (Å²) in [7, 11) is -6.61. The largest absolute Gasteiger partial charge is 0.490 e. The first-order chi connectivity index (χ1) is 20.8. The molecule has 3 unspecified atom stereocenters. The van der Waals surface area contributed by atoms with Crippen LogP contribution in [0.5, 0.6) is 5.75 Å². The van der Waals surface area contributed by atoms with Gasteiger partial charge in [0.15, 0.2) is 0 Å². The molecule has 1 fully saturated rings. The van der Waals surface area contributed by atoms with Gasteiger partial charge in [-0.25, -0.2) is 0 Å². The molecule has 3 aromatic carbocycles. The lowest BCUT2D eigenvalue weighted by Gasteiger charge is -2.50. The lowest BCUT2D eigenvalue weighted by Crippen LogP contribution is -2.54. The maximum atomic E-state index is 14.6. The average molecular weight is 637 g/mol. The third-order valence-electron chi connectivity index (χ3n) is 9.01. The van der Waals surface area contributed by atoms with Crippen LogP contribution >= 0.6 is 0 Å². The molecular formula is C32H29F5O6S. The summed E-state index contributed by atoms with van der Waals surface area (Å²) in [5.41, 5.74) is 3.42. The Morgan fingerprint density at radius 1 is 0.750 bits per heavy atom. The van der Waals surface area contributed by atoms with E-state index in [-0.39, 0.29) is 6.10 Å². The van der Waals surface area contributed by atoms with Crippen molar-refractivity contribution in [2.24, 2.45) is 5.92 Å². The Hall–Kier alpha value is -3.51. The predicted molar refractivity (Wildman–Crippen MR) is 149 cm³/mol. The number of alkyl halides is 5. The van der Waals surface area contributed by atoms with E-state index in [0.29, 0.717) is 22.4 Å². The maximum Gasteiger partial charge on any atom is 0.432 e. The molecule has 0 spiro atoms. The lowest BCUT2D eigenvalue weighted by atomic mass is 9.52. The van der Waals surface area contributed by atoms with Crippen molar-refractivity contribution >= 4 is 16.1 Å². The van der Waals surface area contributed by atoms with Crippen LogP contribution in [-0.2, 0) is 19.6 Å². The Morgan fingerprint density at radius 3 is 1.73 bits per heavy atom. The molecule has 0 saturated heterocycles. The molecule has 6 nitrogen and oxygen atoms in total. The van der Waals surface area contributed by atoms with Gasteiger partial charge < -0.3 is 9.47 Å². The van der Waals surface area contributed by atoms with Crippen LogP contribution < -0.4 is 4.74 Å². The van der Waals surface area contributed by atoms with Gasteiger partial charge in [0.05, 0.1) is 12.0 Å². The normalized spacial score (nSPS) is 24.2. The summed E-state index contributed by atoms with van der Waals surface area (Å²) in [4.78, 5) is 14.0. The Kier molecular flexibility index (Phi) is 7.72. The van der Waals surface area contributed by atoms with E-state index in [9.17, 15) is 35.2 Å². The molecule has 0 aliphatic heterocycles. The zero-order valence-corrected chi connectivity index (χ0v) is 24.0. The summed E-state index contributed by atoms with van der Waals surface area (Å²) in [5.74, 6) is -5.10. The van der Waals surface area contributed by atoms with E-state index in [1.165, 1.54) is 0 Å². The summed E-state index contributed by atoms with van der Waals surface area (Å²) in [5, 5.41) is -5.85. The van der Waals surface area contributed by atoms with Crippen molar-refractivity contribution in [1.82, 2.24) is 0 Å². The molecule has 7 rings (SSSR count). The van der Waals surface area contributed by atoms with Crippen molar-refractivity contribution in [3.05, 3.63) is 101 Å². The third-order valence-corrected chi connectivity index (χ3v) is 9.92. The lowest BCUT2D eigenvalue weighted by molar-refractivity contribution is -0.261. The molecule has 1 N–H and O–H groups in total. The SMILES string of the molecule is O=C(OC(C(F)(F)F)C(F)(F)S(=O)(=O)O)C1C2c3ccccc3C(c3ccccc32)C1c1ccccc1OC1CCCCC1. The van der Waals surface area contributed by atoms with Gasteiger partial charge in [0, 0.05) is 17.8 Å². The summed E-state index contributed by atoms with van der Waals surface area (Å²) >= 11 is 0. The minimum absolute atomic E-state index is 0.112. The van der Waals surface area contributed by atoms with E-state index in [1.807, 2.05) is 24.3 Å². The van der Waals surface area contributed by atoms with Gasteiger partial charge in [0.1, 0.15) is 5.75 Å². The Balaban J connectivity index is 1.52. The smallest absolute Gasteiger partial charge is 0.432 e. The summed E-state index contributed by atoms with van der Waals surface area (Å²) in [6, 6.07) is 21.1. The molecule has 12 heteroatoms.